The summed E-state index contributed by atoms with van der Waals surface area (Å²) < 4.78 is 26.5. The Kier molecular flexibility index (Phi) is 2.39. The van der Waals surface area contributed by atoms with Crippen molar-refractivity contribution in [1.29, 1.82) is 0 Å². The molecule has 0 spiro atoms. The monoisotopic (exact) mass is 267 g/mol. The van der Waals surface area contributed by atoms with E-state index in [-0.39, 0.29) is 18.9 Å². The van der Waals surface area contributed by atoms with Gasteiger partial charge in [0.15, 0.2) is 0 Å². The van der Waals surface area contributed by atoms with Crippen LogP contribution in [0.15, 0.2) is 18.2 Å². The van der Waals surface area contributed by atoms with Crippen LogP contribution < -0.4 is 0 Å². The number of piperidine rings is 1. The Hall–Kier alpha value is -1.98. The quantitative estimate of drug-likeness (QED) is 0.848. The number of hydrogen-bond donors (Lipinski definition) is 1. The molecule has 4 nitrogen and oxygen atoms in total. The molecule has 2 atom stereocenters. The van der Waals surface area contributed by atoms with E-state index in [2.05, 4.69) is 0 Å². The molecular formula is C13H11F2NO3. The van der Waals surface area contributed by atoms with E-state index in [1.165, 1.54) is 12.1 Å². The number of carbonyl (C=O) groups is 2. The van der Waals surface area contributed by atoms with Crippen molar-refractivity contribution in [2.24, 2.45) is 5.92 Å². The van der Waals surface area contributed by atoms with Gasteiger partial charge in [0.05, 0.1) is 0 Å². The summed E-state index contributed by atoms with van der Waals surface area (Å²) in [7, 11) is 0. The molecule has 2 amide bonds. The van der Waals surface area contributed by atoms with E-state index in [1.54, 1.807) is 0 Å². The number of carbonyl (C=O) groups excluding carboxylic acids is 1. The largest absolute Gasteiger partial charge is 0.465 e. The SMILES string of the molecule is O=C(O)N1C[C@@]2(c3cc(F)cc(F)c3)C[C@H]2CC1=O. The van der Waals surface area contributed by atoms with E-state index in [0.29, 0.717) is 12.0 Å². The fraction of sp³-hybridized carbons (Fsp3) is 0.385. The predicted molar refractivity (Wildman–Crippen MR) is 60.5 cm³/mol. The van der Waals surface area contributed by atoms with Crippen molar-refractivity contribution in [1.82, 2.24) is 4.90 Å². The molecule has 1 aliphatic heterocycles. The van der Waals surface area contributed by atoms with Crippen LogP contribution in [-0.2, 0) is 10.2 Å². The van der Waals surface area contributed by atoms with Gasteiger partial charge in [-0.15, -0.1) is 0 Å². The molecule has 0 radical (unpaired) electrons. The summed E-state index contributed by atoms with van der Waals surface area (Å²) in [4.78, 5) is 23.3. The molecule has 1 aromatic carbocycles. The molecule has 1 saturated heterocycles. The lowest BCUT2D eigenvalue weighted by atomic mass is 9.88. The smallest absolute Gasteiger partial charge is 0.414 e. The topological polar surface area (TPSA) is 57.6 Å². The molecule has 100 valence electrons. The lowest BCUT2D eigenvalue weighted by Crippen LogP contribution is -2.45. The number of benzene rings is 1. The normalized spacial score (nSPS) is 29.1. The first-order chi connectivity index (χ1) is 8.92. The molecule has 0 bridgehead atoms. The van der Waals surface area contributed by atoms with Gasteiger partial charge in [0.1, 0.15) is 11.6 Å². The van der Waals surface area contributed by atoms with E-state index in [4.69, 9.17) is 5.11 Å². The number of amides is 2. The van der Waals surface area contributed by atoms with Crippen LogP contribution in [0.2, 0.25) is 0 Å². The number of carboxylic acid groups (broad SMARTS) is 1. The highest BCUT2D eigenvalue weighted by molar-refractivity contribution is 5.93. The molecule has 0 unspecified atom stereocenters. The minimum atomic E-state index is -1.31. The van der Waals surface area contributed by atoms with Gasteiger partial charge in [0, 0.05) is 24.4 Å². The Morgan fingerprint density at radius 1 is 1.32 bits per heavy atom. The average Bonchev–Trinajstić information content (AvgIpc) is 3.00. The third-order valence-electron chi connectivity index (χ3n) is 4.06. The van der Waals surface area contributed by atoms with Crippen molar-refractivity contribution in [2.45, 2.75) is 18.3 Å². The summed E-state index contributed by atoms with van der Waals surface area (Å²) in [6.07, 6.45) is -0.609. The van der Waals surface area contributed by atoms with Gasteiger partial charge in [-0.05, 0) is 30.0 Å². The highest BCUT2D eigenvalue weighted by Crippen LogP contribution is 2.59. The van der Waals surface area contributed by atoms with Gasteiger partial charge in [0.2, 0.25) is 5.91 Å². The highest BCUT2D eigenvalue weighted by atomic mass is 19.1. The van der Waals surface area contributed by atoms with Gasteiger partial charge >= 0.3 is 6.09 Å². The van der Waals surface area contributed by atoms with E-state index < -0.39 is 29.0 Å². The van der Waals surface area contributed by atoms with E-state index in [9.17, 15) is 18.4 Å². The number of likely N-dealkylation sites (tertiary alicyclic amines) is 1. The zero-order chi connectivity index (χ0) is 13.8. The van der Waals surface area contributed by atoms with Crippen LogP contribution in [0.4, 0.5) is 13.6 Å². The van der Waals surface area contributed by atoms with Crippen LogP contribution in [0.3, 0.4) is 0 Å². The van der Waals surface area contributed by atoms with E-state index in [1.807, 2.05) is 0 Å². The van der Waals surface area contributed by atoms with Crippen LogP contribution >= 0.6 is 0 Å². The zero-order valence-electron chi connectivity index (χ0n) is 9.90. The summed E-state index contributed by atoms with van der Waals surface area (Å²) in [5.74, 6) is -1.83. The molecule has 1 heterocycles. The number of rotatable bonds is 1. The van der Waals surface area contributed by atoms with Gasteiger partial charge in [0.25, 0.3) is 0 Å². The Morgan fingerprint density at radius 2 is 1.95 bits per heavy atom. The second kappa shape index (κ2) is 3.76. The Morgan fingerprint density at radius 3 is 2.53 bits per heavy atom. The standard InChI is InChI=1S/C13H11F2NO3/c14-9-1-7(2-10(15)4-9)13-5-8(13)3-11(17)16(6-13)12(18)19/h1-2,4,8H,3,5-6H2,(H,18,19)/t8-,13-/m1/s1. The second-order valence-electron chi connectivity index (χ2n) is 5.18. The van der Waals surface area contributed by atoms with Gasteiger partial charge in [-0.25, -0.2) is 18.5 Å². The van der Waals surface area contributed by atoms with E-state index >= 15 is 0 Å². The zero-order valence-corrected chi connectivity index (χ0v) is 9.90. The molecule has 1 N–H and O–H groups in total. The Balaban J connectivity index is 1.97. The van der Waals surface area contributed by atoms with Crippen molar-refractivity contribution < 1.29 is 23.5 Å². The van der Waals surface area contributed by atoms with Crippen molar-refractivity contribution in [3.8, 4) is 0 Å². The number of halogens is 2. The molecule has 6 heteroatoms. The van der Waals surface area contributed by atoms with E-state index in [0.717, 1.165) is 11.0 Å². The molecule has 19 heavy (non-hydrogen) atoms. The van der Waals surface area contributed by atoms with Gasteiger partial charge < -0.3 is 5.11 Å². The first-order valence-electron chi connectivity index (χ1n) is 5.92. The molecular weight excluding hydrogens is 256 g/mol. The van der Waals surface area contributed by atoms with Gasteiger partial charge in [-0.3, -0.25) is 4.79 Å². The Labute approximate surface area is 107 Å². The fourth-order valence-electron chi connectivity index (χ4n) is 2.99. The summed E-state index contributed by atoms with van der Waals surface area (Å²) >= 11 is 0. The van der Waals surface area contributed by atoms with Crippen LogP contribution in [0.5, 0.6) is 0 Å². The van der Waals surface area contributed by atoms with Crippen molar-refractivity contribution in [3.05, 3.63) is 35.4 Å². The first kappa shape index (κ1) is 12.1. The molecule has 2 fully saturated rings. The lowest BCUT2D eigenvalue weighted by molar-refractivity contribution is -0.131. The average molecular weight is 267 g/mol. The second-order valence-corrected chi connectivity index (χ2v) is 5.18. The summed E-state index contributed by atoms with van der Waals surface area (Å²) in [6, 6.07) is 3.22. The van der Waals surface area contributed by atoms with Crippen LogP contribution in [0.25, 0.3) is 0 Å². The van der Waals surface area contributed by atoms with Crippen molar-refractivity contribution in [3.63, 3.8) is 0 Å². The first-order valence-corrected chi connectivity index (χ1v) is 5.92. The van der Waals surface area contributed by atoms with Crippen molar-refractivity contribution in [2.75, 3.05) is 6.54 Å². The third kappa shape index (κ3) is 1.78. The number of fused-ring (bicyclic) bond motifs is 1. The summed E-state index contributed by atoms with van der Waals surface area (Å²) in [5.41, 5.74) is -0.163. The van der Waals surface area contributed by atoms with Crippen molar-refractivity contribution >= 4 is 12.0 Å². The molecule has 0 aromatic heterocycles. The molecule has 1 saturated carbocycles. The predicted octanol–water partition coefficient (Wildman–Crippen LogP) is 2.13. The Bertz CT molecular complexity index is 569. The van der Waals surface area contributed by atoms with Crippen LogP contribution in [0, 0.1) is 17.6 Å². The molecule has 2 aliphatic rings. The highest BCUT2D eigenvalue weighted by Gasteiger charge is 2.61. The minimum Gasteiger partial charge on any atom is -0.465 e. The number of nitrogens with zero attached hydrogens (tertiary/aromatic N) is 1. The maximum absolute atomic E-state index is 13.3. The molecule has 1 aromatic rings. The van der Waals surface area contributed by atoms with Gasteiger partial charge in [-0.1, -0.05) is 0 Å². The molecule has 3 rings (SSSR count). The minimum absolute atomic E-state index is 0.0169. The number of hydrogen-bond acceptors (Lipinski definition) is 2. The summed E-state index contributed by atoms with van der Waals surface area (Å²) in [5, 5.41) is 8.97. The van der Waals surface area contributed by atoms with Crippen LogP contribution in [0.1, 0.15) is 18.4 Å². The number of imide groups is 1. The maximum atomic E-state index is 13.3. The maximum Gasteiger partial charge on any atom is 0.414 e. The summed E-state index contributed by atoms with van der Waals surface area (Å²) in [6.45, 7) is -0.0191. The molecule has 1 aliphatic carbocycles. The lowest BCUT2D eigenvalue weighted by Gasteiger charge is -2.29. The van der Waals surface area contributed by atoms with Gasteiger partial charge in [-0.2, -0.15) is 0 Å². The third-order valence-corrected chi connectivity index (χ3v) is 4.06. The van der Waals surface area contributed by atoms with Crippen LogP contribution in [-0.4, -0.2) is 28.6 Å². The fourth-order valence-corrected chi connectivity index (χ4v) is 2.99.